The van der Waals surface area contributed by atoms with Crippen molar-refractivity contribution in [2.75, 3.05) is 25.1 Å². The van der Waals surface area contributed by atoms with Crippen molar-refractivity contribution < 1.29 is 14.3 Å². The molecule has 0 radical (unpaired) electrons. The molecule has 0 bridgehead atoms. The van der Waals surface area contributed by atoms with E-state index in [1.54, 1.807) is 11.3 Å². The van der Waals surface area contributed by atoms with Gasteiger partial charge in [0.05, 0.1) is 12.7 Å². The van der Waals surface area contributed by atoms with E-state index in [0.29, 0.717) is 19.7 Å². The molecule has 2 aromatic rings. The molecule has 1 aliphatic heterocycles. The van der Waals surface area contributed by atoms with Crippen LogP contribution >= 0.6 is 11.3 Å². The van der Waals surface area contributed by atoms with Crippen molar-refractivity contribution in [3.63, 3.8) is 0 Å². The third kappa shape index (κ3) is 5.21. The van der Waals surface area contributed by atoms with E-state index in [1.807, 2.05) is 41.5 Å². The van der Waals surface area contributed by atoms with Crippen LogP contribution in [-0.2, 0) is 11.3 Å². The summed E-state index contributed by atoms with van der Waals surface area (Å²) in [6, 6.07) is 9.39. The summed E-state index contributed by atoms with van der Waals surface area (Å²) in [6.07, 6.45) is 2.21. The summed E-state index contributed by atoms with van der Waals surface area (Å²) < 4.78 is 11.1. The Bertz CT molecular complexity index is 652. The maximum absolute atomic E-state index is 12.8. The fourth-order valence-electron chi connectivity index (χ4n) is 2.86. The van der Waals surface area contributed by atoms with Crippen LogP contribution in [-0.4, -0.2) is 36.8 Å². The zero-order valence-corrected chi connectivity index (χ0v) is 15.3. The lowest BCUT2D eigenvalue weighted by Gasteiger charge is -2.25. The van der Waals surface area contributed by atoms with Gasteiger partial charge in [-0.05, 0) is 66.4 Å². The van der Waals surface area contributed by atoms with Crippen molar-refractivity contribution >= 4 is 23.1 Å². The van der Waals surface area contributed by atoms with Gasteiger partial charge in [-0.25, -0.2) is 4.79 Å². The number of carbonyl (C=O) groups is 1. The lowest BCUT2D eigenvalue weighted by Crippen LogP contribution is -2.39. The fourth-order valence-corrected chi connectivity index (χ4v) is 3.52. The molecule has 1 aliphatic rings. The molecule has 1 aromatic heterocycles. The number of hydrogen-bond acceptors (Lipinski definition) is 4. The number of carbonyl (C=O) groups excluding carboxylic acids is 1. The van der Waals surface area contributed by atoms with Gasteiger partial charge in [0.25, 0.3) is 0 Å². The normalized spacial score (nSPS) is 16.6. The van der Waals surface area contributed by atoms with Gasteiger partial charge in [-0.2, -0.15) is 11.3 Å². The Hall–Kier alpha value is -2.05. The average molecular weight is 360 g/mol. The van der Waals surface area contributed by atoms with E-state index in [4.69, 9.17) is 9.47 Å². The molecule has 1 aromatic carbocycles. The molecule has 134 valence electrons. The van der Waals surface area contributed by atoms with E-state index < -0.39 is 0 Å². The maximum atomic E-state index is 12.8. The summed E-state index contributed by atoms with van der Waals surface area (Å²) in [5, 5.41) is 7.08. The molecule has 3 rings (SSSR count). The summed E-state index contributed by atoms with van der Waals surface area (Å²) >= 11 is 1.64. The van der Waals surface area contributed by atoms with Gasteiger partial charge in [-0.1, -0.05) is 0 Å². The fraction of sp³-hybridized carbons (Fsp3) is 0.421. The molecule has 1 saturated heterocycles. The highest BCUT2D eigenvalue weighted by Crippen LogP contribution is 2.19. The van der Waals surface area contributed by atoms with Crippen LogP contribution in [0.5, 0.6) is 5.75 Å². The van der Waals surface area contributed by atoms with Crippen molar-refractivity contribution in [1.29, 1.82) is 0 Å². The lowest BCUT2D eigenvalue weighted by atomic mass is 10.2. The van der Waals surface area contributed by atoms with E-state index in [9.17, 15) is 4.79 Å². The number of thiophene rings is 1. The first-order valence-corrected chi connectivity index (χ1v) is 9.60. The van der Waals surface area contributed by atoms with Crippen molar-refractivity contribution in [3.8, 4) is 5.75 Å². The minimum atomic E-state index is -0.106. The Kier molecular flexibility index (Phi) is 6.30. The Balaban J connectivity index is 1.64. The van der Waals surface area contributed by atoms with Crippen LogP contribution in [0, 0.1) is 0 Å². The Morgan fingerprint density at radius 2 is 2.20 bits per heavy atom. The number of benzene rings is 1. The molecule has 25 heavy (non-hydrogen) atoms. The first kappa shape index (κ1) is 17.8. The average Bonchev–Trinajstić information content (AvgIpc) is 3.30. The van der Waals surface area contributed by atoms with Gasteiger partial charge >= 0.3 is 6.03 Å². The number of rotatable bonds is 7. The van der Waals surface area contributed by atoms with Gasteiger partial charge in [0.15, 0.2) is 0 Å². The highest BCUT2D eigenvalue weighted by molar-refractivity contribution is 7.07. The first-order valence-electron chi connectivity index (χ1n) is 8.66. The smallest absolute Gasteiger partial charge is 0.322 e. The summed E-state index contributed by atoms with van der Waals surface area (Å²) in [6.45, 7) is 4.56. The summed E-state index contributed by atoms with van der Waals surface area (Å²) in [5.41, 5.74) is 1.90. The van der Waals surface area contributed by atoms with E-state index in [2.05, 4.69) is 16.8 Å². The highest BCUT2D eigenvalue weighted by Gasteiger charge is 2.23. The van der Waals surface area contributed by atoms with Crippen molar-refractivity contribution in [1.82, 2.24) is 4.90 Å². The standard InChI is InChI=1S/C19H24N2O3S/c1-2-23-17-7-5-16(6-8-17)20-19(22)21(12-15-9-11-25-14-15)13-18-4-3-10-24-18/h5-9,11,14,18H,2-4,10,12-13H2,1H3,(H,20,22)/t18-/m0/s1. The first-order chi connectivity index (χ1) is 12.2. The van der Waals surface area contributed by atoms with Crippen LogP contribution < -0.4 is 10.1 Å². The summed E-state index contributed by atoms with van der Waals surface area (Å²) in [5.74, 6) is 0.801. The summed E-state index contributed by atoms with van der Waals surface area (Å²) in [7, 11) is 0. The van der Waals surface area contributed by atoms with Crippen LogP contribution in [0.3, 0.4) is 0 Å². The van der Waals surface area contributed by atoms with Crippen LogP contribution in [0.25, 0.3) is 0 Å². The van der Waals surface area contributed by atoms with Crippen LogP contribution in [0.15, 0.2) is 41.1 Å². The van der Waals surface area contributed by atoms with Crippen LogP contribution in [0.1, 0.15) is 25.3 Å². The molecule has 0 saturated carbocycles. The zero-order valence-electron chi connectivity index (χ0n) is 14.4. The predicted octanol–water partition coefficient (Wildman–Crippen LogP) is 4.36. The third-order valence-corrected chi connectivity index (χ3v) is 4.84. The number of amides is 2. The van der Waals surface area contributed by atoms with E-state index >= 15 is 0 Å². The van der Waals surface area contributed by atoms with E-state index in [1.165, 1.54) is 0 Å². The second kappa shape index (κ2) is 8.87. The minimum absolute atomic E-state index is 0.106. The van der Waals surface area contributed by atoms with Crippen molar-refractivity contribution in [2.45, 2.75) is 32.4 Å². The lowest BCUT2D eigenvalue weighted by molar-refractivity contribution is 0.0819. The van der Waals surface area contributed by atoms with E-state index in [0.717, 1.165) is 36.4 Å². The topological polar surface area (TPSA) is 50.8 Å². The van der Waals surface area contributed by atoms with Gasteiger partial charge < -0.3 is 19.7 Å². The Morgan fingerprint density at radius 3 is 2.84 bits per heavy atom. The second-order valence-electron chi connectivity index (χ2n) is 6.03. The molecule has 2 heterocycles. The minimum Gasteiger partial charge on any atom is -0.494 e. The van der Waals surface area contributed by atoms with E-state index in [-0.39, 0.29) is 12.1 Å². The predicted molar refractivity (Wildman–Crippen MR) is 100 cm³/mol. The molecule has 0 unspecified atom stereocenters. The number of ether oxygens (including phenoxy) is 2. The zero-order chi connectivity index (χ0) is 17.5. The van der Waals surface area contributed by atoms with Crippen molar-refractivity contribution in [3.05, 3.63) is 46.7 Å². The quantitative estimate of drug-likeness (QED) is 0.798. The molecule has 0 aliphatic carbocycles. The molecule has 2 amide bonds. The molecular formula is C19H24N2O3S. The largest absolute Gasteiger partial charge is 0.494 e. The number of nitrogens with zero attached hydrogens (tertiary/aromatic N) is 1. The Labute approximate surface area is 152 Å². The molecule has 1 fully saturated rings. The number of hydrogen-bond donors (Lipinski definition) is 1. The van der Waals surface area contributed by atoms with Gasteiger partial charge in [-0.3, -0.25) is 0 Å². The highest BCUT2D eigenvalue weighted by atomic mass is 32.1. The molecule has 1 N–H and O–H groups in total. The Morgan fingerprint density at radius 1 is 1.36 bits per heavy atom. The molecule has 1 atom stereocenters. The molecular weight excluding hydrogens is 336 g/mol. The van der Waals surface area contributed by atoms with Crippen LogP contribution in [0.2, 0.25) is 0 Å². The monoisotopic (exact) mass is 360 g/mol. The summed E-state index contributed by atoms with van der Waals surface area (Å²) in [4.78, 5) is 14.6. The van der Waals surface area contributed by atoms with Crippen molar-refractivity contribution in [2.24, 2.45) is 0 Å². The van der Waals surface area contributed by atoms with Crippen LogP contribution in [0.4, 0.5) is 10.5 Å². The number of urea groups is 1. The molecule has 6 heteroatoms. The number of nitrogens with one attached hydrogen (secondary N) is 1. The third-order valence-electron chi connectivity index (χ3n) is 4.11. The van der Waals surface area contributed by atoms with Gasteiger partial charge in [0.2, 0.25) is 0 Å². The SMILES string of the molecule is CCOc1ccc(NC(=O)N(Cc2ccsc2)C[C@@H]2CCCO2)cc1. The molecule has 0 spiro atoms. The molecule has 5 nitrogen and oxygen atoms in total. The second-order valence-corrected chi connectivity index (χ2v) is 6.81. The van der Waals surface area contributed by atoms with Gasteiger partial charge in [-0.15, -0.1) is 0 Å². The van der Waals surface area contributed by atoms with Gasteiger partial charge in [0, 0.05) is 25.4 Å². The number of anilines is 1. The maximum Gasteiger partial charge on any atom is 0.322 e. The van der Waals surface area contributed by atoms with Gasteiger partial charge in [0.1, 0.15) is 5.75 Å².